The Balaban J connectivity index is 2.68. The van der Waals surface area contributed by atoms with E-state index in [9.17, 15) is 4.39 Å². The maximum atomic E-state index is 11.3. The Morgan fingerprint density at radius 2 is 2.14 bits per heavy atom. The summed E-state index contributed by atoms with van der Waals surface area (Å²) in [5.41, 5.74) is 0. The molecule has 0 N–H and O–H groups in total. The van der Waals surface area contributed by atoms with Gasteiger partial charge in [0.1, 0.15) is 0 Å². The number of hydrogen-bond acceptors (Lipinski definition) is 0. The van der Waals surface area contributed by atoms with Crippen LogP contribution in [0.4, 0.5) is 4.39 Å². The summed E-state index contributed by atoms with van der Waals surface area (Å²) in [6.07, 6.45) is 2.56. The van der Waals surface area contributed by atoms with Gasteiger partial charge in [0.15, 0.2) is 0 Å². The molecule has 0 saturated carbocycles. The first-order valence-corrected chi connectivity index (χ1v) is 2.65. The van der Waals surface area contributed by atoms with Crippen molar-refractivity contribution in [2.45, 2.75) is 20.3 Å². The van der Waals surface area contributed by atoms with E-state index in [-0.39, 0.29) is 6.67 Å². The summed E-state index contributed by atoms with van der Waals surface area (Å²) in [6, 6.07) is 0. The highest BCUT2D eigenvalue weighted by atomic mass is 19.1. The lowest BCUT2D eigenvalue weighted by Gasteiger charge is -1.97. The number of hydrogen-bond donors (Lipinski definition) is 0. The molecule has 0 atom stereocenters. The minimum absolute atomic E-state index is 0.280. The van der Waals surface area contributed by atoms with E-state index in [0.717, 1.165) is 6.42 Å². The van der Waals surface area contributed by atoms with Crippen LogP contribution in [0.5, 0.6) is 0 Å². The summed E-state index contributed by atoms with van der Waals surface area (Å²) in [5, 5.41) is 0. The monoisotopic (exact) mass is 103 g/mol. The Kier molecular flexibility index (Phi) is 4.06. The molecule has 0 rings (SSSR count). The van der Waals surface area contributed by atoms with E-state index >= 15 is 0 Å². The highest BCUT2D eigenvalue weighted by Crippen LogP contribution is 2.01. The largest absolute Gasteiger partial charge is 0.251 e. The SMILES string of the molecule is CC(C)C[CH]CF. The fraction of sp³-hybridized carbons (Fsp3) is 0.833. The van der Waals surface area contributed by atoms with Gasteiger partial charge >= 0.3 is 0 Å². The normalized spacial score (nSPS) is 10.3. The van der Waals surface area contributed by atoms with E-state index in [0.29, 0.717) is 5.92 Å². The second-order valence-electron chi connectivity index (χ2n) is 2.07. The molecule has 0 unspecified atom stereocenters. The van der Waals surface area contributed by atoms with Crippen LogP contribution < -0.4 is 0 Å². The second kappa shape index (κ2) is 4.10. The van der Waals surface area contributed by atoms with E-state index in [4.69, 9.17) is 0 Å². The first-order valence-electron chi connectivity index (χ1n) is 2.65. The van der Waals surface area contributed by atoms with Gasteiger partial charge in [-0.3, -0.25) is 4.39 Å². The van der Waals surface area contributed by atoms with Gasteiger partial charge in [0.05, 0.1) is 6.67 Å². The third-order valence-electron chi connectivity index (χ3n) is 0.747. The van der Waals surface area contributed by atoms with Gasteiger partial charge in [-0.1, -0.05) is 13.8 Å². The Bertz CT molecular complexity index is 33.2. The van der Waals surface area contributed by atoms with Gasteiger partial charge < -0.3 is 0 Å². The third kappa shape index (κ3) is 5.93. The summed E-state index contributed by atoms with van der Waals surface area (Å²) in [5.74, 6) is 0.607. The summed E-state index contributed by atoms with van der Waals surface area (Å²) in [6.45, 7) is 3.87. The van der Waals surface area contributed by atoms with Crippen molar-refractivity contribution in [1.29, 1.82) is 0 Å². The molecule has 0 aromatic rings. The average molecular weight is 103 g/mol. The molecule has 0 aromatic carbocycles. The molecule has 0 fully saturated rings. The van der Waals surface area contributed by atoms with Crippen LogP contribution in [0.15, 0.2) is 0 Å². The number of rotatable bonds is 3. The summed E-state index contributed by atoms with van der Waals surface area (Å²) >= 11 is 0. The standard InChI is InChI=1S/C6H12F/c1-6(2)4-3-5-7/h3,6H,4-5H2,1-2H3. The van der Waals surface area contributed by atoms with E-state index in [1.807, 2.05) is 0 Å². The second-order valence-corrected chi connectivity index (χ2v) is 2.07. The van der Waals surface area contributed by atoms with Crippen LogP contribution in [-0.2, 0) is 0 Å². The topological polar surface area (TPSA) is 0 Å². The summed E-state index contributed by atoms with van der Waals surface area (Å²) < 4.78 is 11.3. The van der Waals surface area contributed by atoms with Gasteiger partial charge in [-0.2, -0.15) is 0 Å². The van der Waals surface area contributed by atoms with Crippen LogP contribution in [0.1, 0.15) is 20.3 Å². The number of alkyl halides is 1. The van der Waals surface area contributed by atoms with Gasteiger partial charge in [-0.15, -0.1) is 0 Å². The minimum Gasteiger partial charge on any atom is -0.251 e. The van der Waals surface area contributed by atoms with Gasteiger partial charge in [-0.25, -0.2) is 0 Å². The molecule has 0 aromatic heterocycles. The fourth-order valence-electron chi connectivity index (χ4n) is 0.396. The van der Waals surface area contributed by atoms with Crippen molar-refractivity contribution < 1.29 is 4.39 Å². The van der Waals surface area contributed by atoms with Crippen molar-refractivity contribution >= 4 is 0 Å². The lowest BCUT2D eigenvalue weighted by Crippen LogP contribution is -1.87. The number of halogens is 1. The molecule has 43 valence electrons. The first kappa shape index (κ1) is 6.93. The first-order chi connectivity index (χ1) is 3.27. The third-order valence-corrected chi connectivity index (χ3v) is 0.747. The molecule has 0 heterocycles. The Morgan fingerprint density at radius 1 is 1.57 bits per heavy atom. The molecule has 0 bridgehead atoms. The van der Waals surface area contributed by atoms with E-state index < -0.39 is 0 Å². The summed E-state index contributed by atoms with van der Waals surface area (Å²) in [7, 11) is 0. The highest BCUT2D eigenvalue weighted by molar-refractivity contribution is 4.63. The van der Waals surface area contributed by atoms with Crippen LogP contribution in [0.25, 0.3) is 0 Å². The molecule has 0 aliphatic carbocycles. The van der Waals surface area contributed by atoms with Crippen LogP contribution in [0.2, 0.25) is 0 Å². The quantitative estimate of drug-likeness (QED) is 0.513. The van der Waals surface area contributed by atoms with Gasteiger partial charge in [0.25, 0.3) is 0 Å². The van der Waals surface area contributed by atoms with Crippen molar-refractivity contribution in [2.24, 2.45) is 5.92 Å². The molecule has 0 saturated heterocycles. The van der Waals surface area contributed by atoms with Gasteiger partial charge in [-0.05, 0) is 18.8 Å². The van der Waals surface area contributed by atoms with Crippen LogP contribution in [0.3, 0.4) is 0 Å². The van der Waals surface area contributed by atoms with Crippen molar-refractivity contribution in [1.82, 2.24) is 0 Å². The van der Waals surface area contributed by atoms with Crippen molar-refractivity contribution in [3.05, 3.63) is 6.42 Å². The molecule has 0 amide bonds. The highest BCUT2D eigenvalue weighted by Gasteiger charge is 1.90. The fourth-order valence-corrected chi connectivity index (χ4v) is 0.396. The van der Waals surface area contributed by atoms with Crippen molar-refractivity contribution in [3.8, 4) is 0 Å². The molecule has 0 spiro atoms. The van der Waals surface area contributed by atoms with Crippen molar-refractivity contribution in [2.75, 3.05) is 6.67 Å². The Hall–Kier alpha value is -0.0700. The zero-order valence-electron chi connectivity index (χ0n) is 4.95. The molecule has 0 nitrogen and oxygen atoms in total. The molecule has 7 heavy (non-hydrogen) atoms. The molecule has 0 aliphatic rings. The maximum Gasteiger partial charge on any atom is 0.0926 e. The minimum atomic E-state index is -0.280. The van der Waals surface area contributed by atoms with Crippen LogP contribution in [-0.4, -0.2) is 6.67 Å². The molecular weight excluding hydrogens is 91.1 g/mol. The van der Waals surface area contributed by atoms with Gasteiger partial charge in [0.2, 0.25) is 0 Å². The predicted octanol–water partition coefficient (Wildman–Crippen LogP) is 2.21. The van der Waals surface area contributed by atoms with E-state index in [1.165, 1.54) is 0 Å². The Morgan fingerprint density at radius 3 is 2.29 bits per heavy atom. The molecular formula is C6H12F. The zero-order chi connectivity index (χ0) is 5.70. The van der Waals surface area contributed by atoms with E-state index in [2.05, 4.69) is 13.8 Å². The maximum absolute atomic E-state index is 11.3. The van der Waals surface area contributed by atoms with Gasteiger partial charge in [0, 0.05) is 0 Å². The lowest BCUT2D eigenvalue weighted by molar-refractivity contribution is 0.502. The lowest BCUT2D eigenvalue weighted by atomic mass is 10.1. The zero-order valence-corrected chi connectivity index (χ0v) is 4.95. The smallest absolute Gasteiger partial charge is 0.0926 e. The van der Waals surface area contributed by atoms with Crippen LogP contribution >= 0.6 is 0 Å². The van der Waals surface area contributed by atoms with Crippen LogP contribution in [0, 0.1) is 12.3 Å². The summed E-state index contributed by atoms with van der Waals surface area (Å²) in [4.78, 5) is 0. The van der Waals surface area contributed by atoms with Crippen molar-refractivity contribution in [3.63, 3.8) is 0 Å². The average Bonchev–Trinajstić information content (AvgIpc) is 1.61. The van der Waals surface area contributed by atoms with E-state index in [1.54, 1.807) is 6.42 Å². The molecule has 1 radical (unpaired) electrons. The Labute approximate surface area is 44.7 Å². The predicted molar refractivity (Wildman–Crippen MR) is 29.7 cm³/mol. The molecule has 1 heteroatoms. The molecule has 0 aliphatic heterocycles.